The number of aryl methyl sites for hydroxylation is 1. The highest BCUT2D eigenvalue weighted by molar-refractivity contribution is 7.89. The largest absolute Gasteiger partial charge is 0.423 e. The van der Waals surface area contributed by atoms with E-state index < -0.39 is 10.0 Å². The summed E-state index contributed by atoms with van der Waals surface area (Å²) in [4.78, 5) is 0. The van der Waals surface area contributed by atoms with Crippen LogP contribution in [0.25, 0.3) is 0 Å². The summed E-state index contributed by atoms with van der Waals surface area (Å²) in [6, 6.07) is -0.0415. The lowest BCUT2D eigenvalue weighted by Crippen LogP contribution is -2.43. The molecule has 20 heavy (non-hydrogen) atoms. The van der Waals surface area contributed by atoms with Crippen LogP contribution in [0.15, 0.2) is 4.42 Å². The van der Waals surface area contributed by atoms with E-state index in [-0.39, 0.29) is 24.0 Å². The van der Waals surface area contributed by atoms with Gasteiger partial charge in [0, 0.05) is 13.5 Å². The molecule has 7 nitrogen and oxygen atoms in total. The molecular weight excluding hydrogens is 282 g/mol. The molecule has 0 aliphatic carbocycles. The van der Waals surface area contributed by atoms with Crippen molar-refractivity contribution >= 4 is 10.0 Å². The second-order valence-electron chi connectivity index (χ2n) is 5.27. The molecule has 0 bridgehead atoms. The Morgan fingerprint density at radius 3 is 2.75 bits per heavy atom. The molecule has 0 aromatic carbocycles. The summed E-state index contributed by atoms with van der Waals surface area (Å²) >= 11 is 0. The number of ether oxygens (including phenoxy) is 1. The fraction of sp³-hybridized carbons (Fsp3) is 0.833. The minimum atomic E-state index is -3.14. The Morgan fingerprint density at radius 1 is 1.30 bits per heavy atom. The third-order valence-electron chi connectivity index (χ3n) is 4.04. The molecule has 1 aromatic rings. The van der Waals surface area contributed by atoms with E-state index in [1.165, 1.54) is 0 Å². The van der Waals surface area contributed by atoms with E-state index >= 15 is 0 Å². The van der Waals surface area contributed by atoms with Crippen molar-refractivity contribution in [1.29, 1.82) is 0 Å². The lowest BCUT2D eigenvalue weighted by atomic mass is 10.00. The van der Waals surface area contributed by atoms with E-state index in [1.54, 1.807) is 18.2 Å². The number of hydrogen-bond donors (Lipinski definition) is 0. The van der Waals surface area contributed by atoms with Crippen molar-refractivity contribution in [2.75, 3.05) is 12.3 Å². The molecule has 3 atom stereocenters. The first-order chi connectivity index (χ1) is 9.51. The van der Waals surface area contributed by atoms with E-state index in [2.05, 4.69) is 10.2 Å². The van der Waals surface area contributed by atoms with Crippen LogP contribution in [-0.4, -0.2) is 47.4 Å². The minimum absolute atomic E-state index is 0.0415. The molecule has 3 rings (SSSR count). The smallest absolute Gasteiger partial charge is 0.245 e. The Balaban J connectivity index is 1.73. The quantitative estimate of drug-likeness (QED) is 0.828. The highest BCUT2D eigenvalue weighted by atomic mass is 32.2. The Labute approximate surface area is 118 Å². The average molecular weight is 301 g/mol. The van der Waals surface area contributed by atoms with Gasteiger partial charge in [-0.05, 0) is 26.2 Å². The molecule has 2 aliphatic rings. The normalized spacial score (nSPS) is 31.4. The van der Waals surface area contributed by atoms with Crippen molar-refractivity contribution in [3.8, 4) is 0 Å². The van der Waals surface area contributed by atoms with Crippen LogP contribution in [-0.2, 0) is 14.8 Å². The molecule has 1 aromatic heterocycles. The van der Waals surface area contributed by atoms with Gasteiger partial charge in [0.05, 0.1) is 17.9 Å². The summed E-state index contributed by atoms with van der Waals surface area (Å²) < 4.78 is 37.1. The molecule has 0 spiro atoms. The molecule has 0 saturated carbocycles. The zero-order chi connectivity index (χ0) is 14.3. The lowest BCUT2D eigenvalue weighted by molar-refractivity contribution is -0.0738. The summed E-state index contributed by atoms with van der Waals surface area (Å²) in [6.45, 7) is 3.96. The van der Waals surface area contributed by atoms with E-state index in [9.17, 15) is 8.42 Å². The van der Waals surface area contributed by atoms with Crippen molar-refractivity contribution in [1.82, 2.24) is 14.5 Å². The van der Waals surface area contributed by atoms with Gasteiger partial charge in [0.2, 0.25) is 21.8 Å². The van der Waals surface area contributed by atoms with Crippen LogP contribution in [0.4, 0.5) is 0 Å². The number of rotatable bonds is 3. The van der Waals surface area contributed by atoms with Crippen LogP contribution in [0, 0.1) is 6.92 Å². The molecule has 0 amide bonds. The van der Waals surface area contributed by atoms with E-state index in [4.69, 9.17) is 9.15 Å². The summed E-state index contributed by atoms with van der Waals surface area (Å²) in [5.74, 6) is 1.16. The number of aromatic nitrogens is 2. The Bertz CT molecular complexity index is 585. The number of nitrogens with zero attached hydrogens (tertiary/aromatic N) is 3. The van der Waals surface area contributed by atoms with Gasteiger partial charge in [-0.25, -0.2) is 8.42 Å². The highest BCUT2D eigenvalue weighted by Gasteiger charge is 2.45. The molecule has 2 fully saturated rings. The molecular formula is C12H19N3O4S. The molecule has 2 aliphatic heterocycles. The minimum Gasteiger partial charge on any atom is -0.423 e. The number of sulfonamides is 1. The summed E-state index contributed by atoms with van der Waals surface area (Å²) in [5.41, 5.74) is 0. The van der Waals surface area contributed by atoms with Crippen LogP contribution in [0.2, 0.25) is 0 Å². The average Bonchev–Trinajstić information content (AvgIpc) is 3.04. The molecule has 2 saturated heterocycles. The highest BCUT2D eigenvalue weighted by Crippen LogP contribution is 2.38. The third kappa shape index (κ3) is 2.36. The van der Waals surface area contributed by atoms with Crippen molar-refractivity contribution < 1.29 is 17.6 Å². The second-order valence-corrected chi connectivity index (χ2v) is 7.48. The van der Waals surface area contributed by atoms with Gasteiger partial charge in [0.1, 0.15) is 6.10 Å². The van der Waals surface area contributed by atoms with Gasteiger partial charge in [-0.2, -0.15) is 4.31 Å². The van der Waals surface area contributed by atoms with Gasteiger partial charge in [0.25, 0.3) is 0 Å². The van der Waals surface area contributed by atoms with Gasteiger partial charge in [-0.3, -0.25) is 0 Å². The Hall–Kier alpha value is -0.990. The summed E-state index contributed by atoms with van der Waals surface area (Å²) in [7, 11) is -3.14. The first-order valence-electron chi connectivity index (χ1n) is 6.96. The fourth-order valence-electron chi connectivity index (χ4n) is 3.02. The third-order valence-corrected chi connectivity index (χ3v) is 5.93. The van der Waals surface area contributed by atoms with Gasteiger partial charge in [0.15, 0.2) is 0 Å². The predicted molar refractivity (Wildman–Crippen MR) is 70.5 cm³/mol. The first-order valence-corrected chi connectivity index (χ1v) is 8.57. The summed E-state index contributed by atoms with van der Waals surface area (Å²) in [6.07, 6.45) is 1.94. The standard InChI is InChI=1S/C12H19N3O4S/c1-3-20(16,17)15-7-6-10-9(15)4-5-11(19-10)12-14-13-8(2)18-12/h9-11H,3-7H2,1-2H3/t9-,10-,11+/m1/s1. The molecule has 112 valence electrons. The number of fused-ring (bicyclic) bond motifs is 1. The molecule has 0 radical (unpaired) electrons. The van der Waals surface area contributed by atoms with Crippen LogP contribution >= 0.6 is 0 Å². The Morgan fingerprint density at radius 2 is 2.10 bits per heavy atom. The molecule has 3 heterocycles. The van der Waals surface area contributed by atoms with Crippen molar-refractivity contribution in [2.24, 2.45) is 0 Å². The summed E-state index contributed by atoms with van der Waals surface area (Å²) in [5, 5.41) is 7.81. The SMILES string of the molecule is CCS(=O)(=O)N1CC[C@H]2O[C@H](c3nnc(C)o3)CC[C@H]21. The number of hydrogen-bond acceptors (Lipinski definition) is 6. The first kappa shape index (κ1) is 14.0. The zero-order valence-corrected chi connectivity index (χ0v) is 12.5. The van der Waals surface area contributed by atoms with Gasteiger partial charge < -0.3 is 9.15 Å². The maximum atomic E-state index is 12.0. The fourth-order valence-corrected chi connectivity index (χ4v) is 4.39. The molecule has 0 unspecified atom stereocenters. The topological polar surface area (TPSA) is 85.5 Å². The van der Waals surface area contributed by atoms with Crippen molar-refractivity contribution in [3.05, 3.63) is 11.8 Å². The Kier molecular flexibility index (Phi) is 3.55. The van der Waals surface area contributed by atoms with Gasteiger partial charge >= 0.3 is 0 Å². The van der Waals surface area contributed by atoms with Crippen molar-refractivity contribution in [3.63, 3.8) is 0 Å². The maximum absolute atomic E-state index is 12.0. The van der Waals surface area contributed by atoms with Crippen LogP contribution in [0.3, 0.4) is 0 Å². The molecule has 0 N–H and O–H groups in total. The lowest BCUT2D eigenvalue weighted by Gasteiger charge is -2.34. The van der Waals surface area contributed by atoms with Gasteiger partial charge in [-0.1, -0.05) is 0 Å². The van der Waals surface area contributed by atoms with Gasteiger partial charge in [-0.15, -0.1) is 10.2 Å². The molecule has 8 heteroatoms. The van der Waals surface area contributed by atoms with E-state index in [0.717, 1.165) is 12.8 Å². The van der Waals surface area contributed by atoms with E-state index in [1.807, 2.05) is 0 Å². The van der Waals surface area contributed by atoms with Crippen LogP contribution in [0.1, 0.15) is 44.1 Å². The van der Waals surface area contributed by atoms with Crippen LogP contribution in [0.5, 0.6) is 0 Å². The van der Waals surface area contributed by atoms with Crippen LogP contribution < -0.4 is 0 Å². The maximum Gasteiger partial charge on any atom is 0.245 e. The monoisotopic (exact) mass is 301 g/mol. The predicted octanol–water partition coefficient (Wildman–Crippen LogP) is 1.02. The zero-order valence-electron chi connectivity index (χ0n) is 11.7. The van der Waals surface area contributed by atoms with E-state index in [0.29, 0.717) is 24.7 Å². The second kappa shape index (κ2) is 5.09. The van der Waals surface area contributed by atoms with Crippen molar-refractivity contribution in [2.45, 2.75) is 51.4 Å².